The largest absolute Gasteiger partial charge is 0.478 e. The zero-order chi connectivity index (χ0) is 12.4. The van der Waals surface area contributed by atoms with Crippen molar-refractivity contribution in [2.75, 3.05) is 18.1 Å². The summed E-state index contributed by atoms with van der Waals surface area (Å²) in [5, 5.41) is 8.95. The van der Waals surface area contributed by atoms with Gasteiger partial charge in [-0.3, -0.25) is 9.59 Å². The minimum atomic E-state index is -1.25. The van der Waals surface area contributed by atoms with Gasteiger partial charge in [0.1, 0.15) is 18.8 Å². The van der Waals surface area contributed by atoms with E-state index in [9.17, 15) is 14.4 Å². The summed E-state index contributed by atoms with van der Waals surface area (Å²) in [6.07, 6.45) is 1.32. The Labute approximate surface area is 95.6 Å². The normalized spacial score (nSPS) is 16.1. The molecule has 2 rings (SSSR count). The van der Waals surface area contributed by atoms with Gasteiger partial charge in [-0.2, -0.15) is 0 Å². The monoisotopic (exact) mass is 236 g/mol. The average molecular weight is 236 g/mol. The highest BCUT2D eigenvalue weighted by atomic mass is 16.5. The van der Waals surface area contributed by atoms with E-state index in [0.29, 0.717) is 0 Å². The van der Waals surface area contributed by atoms with E-state index in [1.807, 2.05) is 0 Å². The number of carbonyl (C=O) groups is 3. The number of nitrogens with zero attached hydrogens (tertiary/aromatic N) is 2. The van der Waals surface area contributed by atoms with Crippen molar-refractivity contribution >= 4 is 23.6 Å². The van der Waals surface area contributed by atoms with E-state index in [-0.39, 0.29) is 24.6 Å². The molecule has 1 aromatic rings. The van der Waals surface area contributed by atoms with E-state index in [0.717, 1.165) is 4.90 Å². The minimum absolute atomic E-state index is 0.168. The number of carboxylic acids is 1. The zero-order valence-electron chi connectivity index (χ0n) is 8.62. The van der Waals surface area contributed by atoms with Gasteiger partial charge in [-0.1, -0.05) is 0 Å². The molecule has 1 aliphatic rings. The van der Waals surface area contributed by atoms with Crippen molar-refractivity contribution in [3.63, 3.8) is 0 Å². The van der Waals surface area contributed by atoms with Crippen LogP contribution in [-0.2, 0) is 14.3 Å². The van der Waals surface area contributed by atoms with Crippen LogP contribution in [0.25, 0.3) is 0 Å². The number of amides is 2. The lowest BCUT2D eigenvalue weighted by atomic mass is 10.2. The van der Waals surface area contributed by atoms with Gasteiger partial charge in [0.05, 0.1) is 0 Å². The maximum absolute atomic E-state index is 11.5. The van der Waals surface area contributed by atoms with Crippen LogP contribution < -0.4 is 4.90 Å². The van der Waals surface area contributed by atoms with Gasteiger partial charge in [-0.05, 0) is 12.1 Å². The zero-order valence-corrected chi connectivity index (χ0v) is 8.62. The molecule has 17 heavy (non-hydrogen) atoms. The number of pyridine rings is 1. The molecule has 0 saturated carbocycles. The van der Waals surface area contributed by atoms with Crippen molar-refractivity contribution in [2.24, 2.45) is 0 Å². The summed E-state index contributed by atoms with van der Waals surface area (Å²) in [5.74, 6) is -2.66. The third-order valence-corrected chi connectivity index (χ3v) is 2.18. The Hall–Kier alpha value is -2.28. The quantitative estimate of drug-likeness (QED) is 0.706. The molecule has 88 valence electrons. The lowest BCUT2D eigenvalue weighted by molar-refractivity contribution is -0.138. The summed E-state index contributed by atoms with van der Waals surface area (Å²) < 4.78 is 4.73. The van der Waals surface area contributed by atoms with Crippen molar-refractivity contribution in [1.29, 1.82) is 0 Å². The molecular weight excluding hydrogens is 228 g/mol. The Bertz CT molecular complexity index is 483. The van der Waals surface area contributed by atoms with Gasteiger partial charge in [0, 0.05) is 6.20 Å². The number of aromatic carboxylic acids is 1. The molecule has 1 fully saturated rings. The molecule has 1 N–H and O–H groups in total. The topological polar surface area (TPSA) is 96.8 Å². The van der Waals surface area contributed by atoms with Crippen LogP contribution in [-0.4, -0.2) is 41.1 Å². The number of rotatable bonds is 2. The van der Waals surface area contributed by atoms with Crippen LogP contribution in [0.4, 0.5) is 5.82 Å². The molecule has 7 heteroatoms. The van der Waals surface area contributed by atoms with E-state index in [2.05, 4.69) is 4.98 Å². The van der Waals surface area contributed by atoms with Crippen LogP contribution >= 0.6 is 0 Å². The molecule has 0 aromatic carbocycles. The molecule has 7 nitrogen and oxygen atoms in total. The van der Waals surface area contributed by atoms with Crippen molar-refractivity contribution in [3.05, 3.63) is 23.9 Å². The highest BCUT2D eigenvalue weighted by Gasteiger charge is 2.32. The fourth-order valence-corrected chi connectivity index (χ4v) is 1.47. The van der Waals surface area contributed by atoms with E-state index in [1.165, 1.54) is 18.3 Å². The Morgan fingerprint density at radius 1 is 1.35 bits per heavy atom. The molecule has 2 heterocycles. The number of hydrogen-bond acceptors (Lipinski definition) is 5. The smallest absolute Gasteiger partial charge is 0.339 e. The highest BCUT2D eigenvalue weighted by molar-refractivity contribution is 6.18. The van der Waals surface area contributed by atoms with Gasteiger partial charge in [0.15, 0.2) is 5.82 Å². The third-order valence-electron chi connectivity index (χ3n) is 2.18. The average Bonchev–Trinajstić information content (AvgIpc) is 2.29. The predicted octanol–water partition coefficient (Wildman–Crippen LogP) is -0.330. The fraction of sp³-hybridized carbons (Fsp3) is 0.200. The summed E-state index contributed by atoms with van der Waals surface area (Å²) >= 11 is 0. The molecule has 0 unspecified atom stereocenters. The van der Waals surface area contributed by atoms with E-state index >= 15 is 0 Å². The first kappa shape index (κ1) is 11.2. The molecule has 1 aromatic heterocycles. The van der Waals surface area contributed by atoms with Crippen LogP contribution in [0.5, 0.6) is 0 Å². The first-order valence-electron chi connectivity index (χ1n) is 4.73. The number of carbonyl (C=O) groups excluding carboxylic acids is 2. The van der Waals surface area contributed by atoms with Crippen LogP contribution in [0, 0.1) is 0 Å². The molecule has 0 aliphatic carbocycles. The molecule has 0 radical (unpaired) electrons. The Morgan fingerprint density at radius 2 is 2.00 bits per heavy atom. The summed E-state index contributed by atoms with van der Waals surface area (Å²) in [6.45, 7) is -0.525. The Kier molecular flexibility index (Phi) is 2.84. The minimum Gasteiger partial charge on any atom is -0.478 e. The highest BCUT2D eigenvalue weighted by Crippen LogP contribution is 2.19. The number of anilines is 1. The third kappa shape index (κ3) is 2.00. The van der Waals surface area contributed by atoms with Gasteiger partial charge in [-0.15, -0.1) is 0 Å². The fourth-order valence-electron chi connectivity index (χ4n) is 1.47. The predicted molar refractivity (Wildman–Crippen MR) is 54.5 cm³/mol. The van der Waals surface area contributed by atoms with Crippen LogP contribution in [0.1, 0.15) is 10.4 Å². The van der Waals surface area contributed by atoms with Gasteiger partial charge in [0.25, 0.3) is 11.8 Å². The summed E-state index contributed by atoms with van der Waals surface area (Å²) in [5.41, 5.74) is -0.198. The lowest BCUT2D eigenvalue weighted by Crippen LogP contribution is -2.47. The second-order valence-electron chi connectivity index (χ2n) is 3.30. The van der Waals surface area contributed by atoms with Crippen LogP contribution in [0.3, 0.4) is 0 Å². The first-order chi connectivity index (χ1) is 8.11. The molecule has 1 aliphatic heterocycles. The van der Waals surface area contributed by atoms with E-state index in [1.54, 1.807) is 0 Å². The number of carboxylic acid groups (broad SMARTS) is 1. The molecule has 0 spiro atoms. The molecule has 0 atom stereocenters. The van der Waals surface area contributed by atoms with Gasteiger partial charge in [-0.25, -0.2) is 14.7 Å². The number of hydrogen-bond donors (Lipinski definition) is 1. The van der Waals surface area contributed by atoms with Crippen molar-refractivity contribution in [2.45, 2.75) is 0 Å². The Balaban J connectivity index is 2.48. The van der Waals surface area contributed by atoms with Gasteiger partial charge >= 0.3 is 5.97 Å². The second-order valence-corrected chi connectivity index (χ2v) is 3.30. The SMILES string of the molecule is O=C(O)c1cccnc1N1C(=O)COCC1=O. The lowest BCUT2D eigenvalue weighted by Gasteiger charge is -2.24. The van der Waals surface area contributed by atoms with E-state index < -0.39 is 17.8 Å². The van der Waals surface area contributed by atoms with Crippen molar-refractivity contribution < 1.29 is 24.2 Å². The number of imide groups is 1. The maximum Gasteiger partial charge on any atom is 0.339 e. The van der Waals surface area contributed by atoms with Crippen LogP contribution in [0.15, 0.2) is 18.3 Å². The molecule has 2 amide bonds. The first-order valence-corrected chi connectivity index (χ1v) is 4.73. The van der Waals surface area contributed by atoms with Gasteiger partial charge < -0.3 is 9.84 Å². The summed E-state index contributed by atoms with van der Waals surface area (Å²) in [4.78, 5) is 38.5. The second kappa shape index (κ2) is 4.30. The maximum atomic E-state index is 11.5. The Morgan fingerprint density at radius 3 is 2.59 bits per heavy atom. The number of ether oxygens (including phenoxy) is 1. The molecule has 0 bridgehead atoms. The van der Waals surface area contributed by atoms with Gasteiger partial charge in [0.2, 0.25) is 0 Å². The molecule has 1 saturated heterocycles. The van der Waals surface area contributed by atoms with Crippen molar-refractivity contribution in [1.82, 2.24) is 4.98 Å². The summed E-state index contributed by atoms with van der Waals surface area (Å²) in [6, 6.07) is 2.70. The van der Waals surface area contributed by atoms with E-state index in [4.69, 9.17) is 9.84 Å². The van der Waals surface area contributed by atoms with Crippen LogP contribution in [0.2, 0.25) is 0 Å². The number of aromatic nitrogens is 1. The molecular formula is C10H8N2O5. The summed E-state index contributed by atoms with van der Waals surface area (Å²) in [7, 11) is 0. The standard InChI is InChI=1S/C10H8N2O5/c13-7-4-17-5-8(14)12(7)9-6(10(15)16)2-1-3-11-9/h1-3H,4-5H2,(H,15,16). The number of morpholine rings is 1. The van der Waals surface area contributed by atoms with Crippen molar-refractivity contribution in [3.8, 4) is 0 Å².